The molecule has 0 aliphatic carbocycles. The molecule has 0 aromatic carbocycles. The normalized spacial score (nSPS) is 18.3. The number of aliphatic hydroxyl groups excluding tert-OH is 1. The van der Waals surface area contributed by atoms with Crippen LogP contribution in [0, 0.1) is 5.92 Å². The quantitative estimate of drug-likeness (QED) is 0.758. The number of carboxylic acids is 1. The van der Waals surface area contributed by atoms with E-state index in [0.717, 1.165) is 18.4 Å². The van der Waals surface area contributed by atoms with Crippen molar-refractivity contribution in [2.75, 3.05) is 19.7 Å². The zero-order valence-electron chi connectivity index (χ0n) is 11.7. The smallest absolute Gasteiger partial charge is 0.354 e. The van der Waals surface area contributed by atoms with Crippen molar-refractivity contribution in [2.45, 2.75) is 19.4 Å². The second-order valence-electron chi connectivity index (χ2n) is 5.15. The summed E-state index contributed by atoms with van der Waals surface area (Å²) in [6, 6.07) is 2.87. The minimum atomic E-state index is -1.08. The minimum Gasteiger partial charge on any atom is -0.477 e. The monoisotopic (exact) mass is 293 g/mol. The van der Waals surface area contributed by atoms with Gasteiger partial charge < -0.3 is 20.4 Å². The van der Waals surface area contributed by atoms with Gasteiger partial charge >= 0.3 is 12.0 Å². The lowest BCUT2D eigenvalue weighted by Gasteiger charge is -2.31. The lowest BCUT2D eigenvalue weighted by atomic mass is 9.99. The second-order valence-corrected chi connectivity index (χ2v) is 5.15. The Labute approximate surface area is 122 Å². The van der Waals surface area contributed by atoms with Gasteiger partial charge in [-0.2, -0.15) is 0 Å². The van der Waals surface area contributed by atoms with Crippen molar-refractivity contribution in [3.8, 4) is 0 Å². The Balaban J connectivity index is 1.84. The highest BCUT2D eigenvalue weighted by Crippen LogP contribution is 2.15. The van der Waals surface area contributed by atoms with Crippen LogP contribution in [0.25, 0.3) is 0 Å². The molecule has 7 heteroatoms. The van der Waals surface area contributed by atoms with Crippen LogP contribution in [0.3, 0.4) is 0 Å². The van der Waals surface area contributed by atoms with Crippen molar-refractivity contribution < 1.29 is 19.8 Å². The van der Waals surface area contributed by atoms with E-state index in [2.05, 4.69) is 10.3 Å². The number of amides is 2. The van der Waals surface area contributed by atoms with E-state index in [1.54, 1.807) is 11.0 Å². The second kappa shape index (κ2) is 7.03. The molecule has 2 heterocycles. The van der Waals surface area contributed by atoms with Gasteiger partial charge in [0, 0.05) is 32.4 Å². The van der Waals surface area contributed by atoms with Gasteiger partial charge in [0.25, 0.3) is 0 Å². The van der Waals surface area contributed by atoms with Gasteiger partial charge in [0.15, 0.2) is 0 Å². The summed E-state index contributed by atoms with van der Waals surface area (Å²) in [6.45, 7) is 1.66. The number of urea groups is 1. The number of aliphatic hydroxyl groups is 1. The Kier molecular flexibility index (Phi) is 5.10. The Hall–Kier alpha value is -2.15. The number of rotatable bonds is 4. The number of carbonyl (C=O) groups is 2. The summed E-state index contributed by atoms with van der Waals surface area (Å²) in [5.74, 6) is -0.921. The van der Waals surface area contributed by atoms with Crippen LogP contribution in [-0.2, 0) is 6.54 Å². The third-order valence-corrected chi connectivity index (χ3v) is 3.55. The van der Waals surface area contributed by atoms with Crippen LogP contribution in [0.1, 0.15) is 28.9 Å². The van der Waals surface area contributed by atoms with Crippen LogP contribution < -0.4 is 5.32 Å². The summed E-state index contributed by atoms with van der Waals surface area (Å²) < 4.78 is 0. The number of hydrogen-bond donors (Lipinski definition) is 3. The number of pyridine rings is 1. The molecule has 1 aliphatic rings. The number of nitrogens with one attached hydrogen (secondary N) is 1. The van der Waals surface area contributed by atoms with Gasteiger partial charge in [-0.15, -0.1) is 0 Å². The molecule has 114 valence electrons. The maximum Gasteiger partial charge on any atom is 0.354 e. The number of aromatic carboxylic acids is 1. The molecule has 0 saturated carbocycles. The standard InChI is InChI=1S/C14H19N3O4/c18-9-11-2-1-5-17(8-11)14(21)16-7-10-3-4-12(13(19)20)15-6-10/h3-4,6,11,18H,1-2,5,7-9H2,(H,16,21)(H,19,20). The van der Waals surface area contributed by atoms with Gasteiger partial charge in [-0.25, -0.2) is 14.6 Å². The SMILES string of the molecule is O=C(O)c1ccc(CNC(=O)N2CCCC(CO)C2)cn1. The Morgan fingerprint density at radius 2 is 2.24 bits per heavy atom. The van der Waals surface area contributed by atoms with Crippen LogP contribution in [0.5, 0.6) is 0 Å². The molecule has 3 N–H and O–H groups in total. The zero-order valence-corrected chi connectivity index (χ0v) is 11.7. The van der Waals surface area contributed by atoms with Gasteiger partial charge in [-0.1, -0.05) is 6.07 Å². The van der Waals surface area contributed by atoms with E-state index < -0.39 is 5.97 Å². The van der Waals surface area contributed by atoms with Crippen LogP contribution in [-0.4, -0.2) is 51.8 Å². The highest BCUT2D eigenvalue weighted by molar-refractivity contribution is 5.85. The average Bonchev–Trinajstić information content (AvgIpc) is 2.53. The van der Waals surface area contributed by atoms with Crippen molar-refractivity contribution in [3.63, 3.8) is 0 Å². The molecular weight excluding hydrogens is 274 g/mol. The maximum atomic E-state index is 12.0. The van der Waals surface area contributed by atoms with Crippen LogP contribution >= 0.6 is 0 Å². The van der Waals surface area contributed by atoms with Crippen molar-refractivity contribution in [1.29, 1.82) is 0 Å². The van der Waals surface area contributed by atoms with E-state index in [9.17, 15) is 9.59 Å². The summed E-state index contributed by atoms with van der Waals surface area (Å²) in [6.07, 6.45) is 3.28. The topological polar surface area (TPSA) is 103 Å². The molecule has 1 aromatic heterocycles. The Morgan fingerprint density at radius 1 is 1.43 bits per heavy atom. The third-order valence-electron chi connectivity index (χ3n) is 3.55. The van der Waals surface area contributed by atoms with E-state index in [0.29, 0.717) is 19.6 Å². The molecular formula is C14H19N3O4. The number of carbonyl (C=O) groups excluding carboxylic acids is 1. The fourth-order valence-corrected chi connectivity index (χ4v) is 2.34. The van der Waals surface area contributed by atoms with E-state index in [1.807, 2.05) is 0 Å². The van der Waals surface area contributed by atoms with Gasteiger partial charge in [-0.3, -0.25) is 0 Å². The molecule has 0 radical (unpaired) electrons. The summed E-state index contributed by atoms with van der Waals surface area (Å²) in [5, 5.41) is 20.7. The highest BCUT2D eigenvalue weighted by Gasteiger charge is 2.22. The van der Waals surface area contributed by atoms with Gasteiger partial charge in [-0.05, 0) is 30.4 Å². The molecule has 2 rings (SSSR count). The molecule has 7 nitrogen and oxygen atoms in total. The third kappa shape index (κ3) is 4.16. The molecule has 0 spiro atoms. The number of hydrogen-bond acceptors (Lipinski definition) is 4. The first-order valence-corrected chi connectivity index (χ1v) is 6.92. The summed E-state index contributed by atoms with van der Waals surface area (Å²) in [7, 11) is 0. The van der Waals surface area contributed by atoms with Crippen molar-refractivity contribution >= 4 is 12.0 Å². The number of likely N-dealkylation sites (tertiary alicyclic amines) is 1. The number of carboxylic acid groups (broad SMARTS) is 1. The van der Waals surface area contributed by atoms with Crippen LogP contribution in [0.4, 0.5) is 4.79 Å². The first-order chi connectivity index (χ1) is 10.1. The first kappa shape index (κ1) is 15.2. The fraction of sp³-hybridized carbons (Fsp3) is 0.500. The lowest BCUT2D eigenvalue weighted by Crippen LogP contribution is -2.45. The van der Waals surface area contributed by atoms with Crippen molar-refractivity contribution in [2.24, 2.45) is 5.92 Å². The molecule has 21 heavy (non-hydrogen) atoms. The minimum absolute atomic E-state index is 0.0214. The molecule has 1 aromatic rings. The summed E-state index contributed by atoms with van der Waals surface area (Å²) in [5.41, 5.74) is 0.718. The number of piperidine rings is 1. The summed E-state index contributed by atoms with van der Waals surface area (Å²) in [4.78, 5) is 28.2. The van der Waals surface area contributed by atoms with E-state index in [4.69, 9.17) is 10.2 Å². The fourth-order valence-electron chi connectivity index (χ4n) is 2.34. The predicted octanol–water partition coefficient (Wildman–Crippen LogP) is 0.694. The number of nitrogens with zero attached hydrogens (tertiary/aromatic N) is 2. The predicted molar refractivity (Wildman–Crippen MR) is 74.8 cm³/mol. The van der Waals surface area contributed by atoms with Gasteiger partial charge in [0.2, 0.25) is 0 Å². The van der Waals surface area contributed by atoms with Gasteiger partial charge in [0.05, 0.1) is 0 Å². The molecule has 1 saturated heterocycles. The van der Waals surface area contributed by atoms with E-state index in [-0.39, 0.29) is 24.2 Å². The largest absolute Gasteiger partial charge is 0.477 e. The average molecular weight is 293 g/mol. The maximum absolute atomic E-state index is 12.0. The van der Waals surface area contributed by atoms with Crippen LogP contribution in [0.2, 0.25) is 0 Å². The summed E-state index contributed by atoms with van der Waals surface area (Å²) >= 11 is 0. The molecule has 1 aliphatic heterocycles. The molecule has 1 unspecified atom stereocenters. The molecule has 1 fully saturated rings. The van der Waals surface area contributed by atoms with Crippen molar-refractivity contribution in [1.82, 2.24) is 15.2 Å². The number of aromatic nitrogens is 1. The molecule has 0 bridgehead atoms. The van der Waals surface area contributed by atoms with E-state index >= 15 is 0 Å². The van der Waals surface area contributed by atoms with Crippen molar-refractivity contribution in [3.05, 3.63) is 29.6 Å². The van der Waals surface area contributed by atoms with Gasteiger partial charge in [0.1, 0.15) is 5.69 Å². The Bertz CT molecular complexity index is 503. The molecule has 1 atom stereocenters. The zero-order chi connectivity index (χ0) is 15.2. The lowest BCUT2D eigenvalue weighted by molar-refractivity contribution is 0.0690. The van der Waals surface area contributed by atoms with Crippen LogP contribution in [0.15, 0.2) is 18.3 Å². The van der Waals surface area contributed by atoms with E-state index in [1.165, 1.54) is 12.3 Å². The Morgan fingerprint density at radius 3 is 2.86 bits per heavy atom. The first-order valence-electron chi connectivity index (χ1n) is 6.92. The molecule has 2 amide bonds. The highest BCUT2D eigenvalue weighted by atomic mass is 16.4.